The molecule has 33 heavy (non-hydrogen) atoms. The van der Waals surface area contributed by atoms with Gasteiger partial charge in [-0.3, -0.25) is 9.59 Å². The minimum Gasteiger partial charge on any atom is -0.383 e. The zero-order valence-electron chi connectivity index (χ0n) is 21.2. The van der Waals surface area contributed by atoms with E-state index < -0.39 is 0 Å². The Morgan fingerprint density at radius 3 is 2.27 bits per heavy atom. The average molecular weight is 456 g/mol. The van der Waals surface area contributed by atoms with Crippen LogP contribution in [0.25, 0.3) is 0 Å². The predicted octanol–water partition coefficient (Wildman–Crippen LogP) is 4.49. The molecular weight excluding hydrogens is 414 g/mol. The molecule has 1 heterocycles. The van der Waals surface area contributed by atoms with Gasteiger partial charge in [0.05, 0.1) is 19.7 Å². The Kier molecular flexibility index (Phi) is 10.2. The van der Waals surface area contributed by atoms with Gasteiger partial charge < -0.3 is 19.1 Å². The molecule has 0 fully saturated rings. The molecule has 0 bridgehead atoms. The highest BCUT2D eigenvalue weighted by Crippen LogP contribution is 2.26. The summed E-state index contributed by atoms with van der Waals surface area (Å²) in [5.74, 6) is 0.199. The predicted molar refractivity (Wildman–Crippen MR) is 132 cm³/mol. The fraction of sp³-hybridized carbons (Fsp3) is 0.556. The molecule has 6 heteroatoms. The van der Waals surface area contributed by atoms with Gasteiger partial charge in [-0.2, -0.15) is 0 Å². The van der Waals surface area contributed by atoms with Crippen LogP contribution in [-0.4, -0.2) is 53.0 Å². The summed E-state index contributed by atoms with van der Waals surface area (Å²) in [6, 6.07) is 14.0. The van der Waals surface area contributed by atoms with Crippen LogP contribution in [0.1, 0.15) is 51.8 Å². The first-order valence-corrected chi connectivity index (χ1v) is 11.8. The smallest absolute Gasteiger partial charge is 0.242 e. The van der Waals surface area contributed by atoms with E-state index in [4.69, 9.17) is 4.74 Å². The highest BCUT2D eigenvalue weighted by molar-refractivity contribution is 5.85. The van der Waals surface area contributed by atoms with Crippen LogP contribution in [0.4, 0.5) is 0 Å². The third-order valence-electron chi connectivity index (χ3n) is 5.70. The molecule has 0 spiro atoms. The van der Waals surface area contributed by atoms with Crippen LogP contribution in [0.5, 0.6) is 0 Å². The van der Waals surface area contributed by atoms with E-state index in [2.05, 4.69) is 27.7 Å². The molecule has 0 saturated heterocycles. The third kappa shape index (κ3) is 9.42. The molecule has 0 aliphatic heterocycles. The van der Waals surface area contributed by atoms with Gasteiger partial charge in [-0.15, -0.1) is 0 Å². The Labute approximate surface area is 199 Å². The fourth-order valence-electron chi connectivity index (χ4n) is 4.19. The zero-order chi connectivity index (χ0) is 24.4. The van der Waals surface area contributed by atoms with Crippen LogP contribution in [0.15, 0.2) is 48.7 Å². The molecule has 0 aliphatic rings. The molecule has 1 aromatic carbocycles. The summed E-state index contributed by atoms with van der Waals surface area (Å²) >= 11 is 0. The maximum atomic E-state index is 13.5. The second kappa shape index (κ2) is 12.6. The number of benzene rings is 1. The monoisotopic (exact) mass is 455 g/mol. The second-order valence-corrected chi connectivity index (χ2v) is 10.2. The van der Waals surface area contributed by atoms with Gasteiger partial charge in [-0.1, -0.05) is 58.0 Å². The molecule has 2 aromatic rings. The van der Waals surface area contributed by atoms with Gasteiger partial charge >= 0.3 is 0 Å². The molecule has 1 atom stereocenters. The lowest BCUT2D eigenvalue weighted by atomic mass is 9.84. The number of hydrogen-bond acceptors (Lipinski definition) is 3. The van der Waals surface area contributed by atoms with Crippen LogP contribution in [-0.2, 0) is 34.5 Å². The van der Waals surface area contributed by atoms with Crippen molar-refractivity contribution in [3.63, 3.8) is 0 Å². The topological polar surface area (TPSA) is 54.8 Å². The van der Waals surface area contributed by atoms with Crippen LogP contribution < -0.4 is 0 Å². The molecule has 0 saturated carbocycles. The highest BCUT2D eigenvalue weighted by Gasteiger charge is 2.25. The van der Waals surface area contributed by atoms with Crippen molar-refractivity contribution in [2.45, 2.75) is 53.6 Å². The number of amides is 2. The van der Waals surface area contributed by atoms with Crippen molar-refractivity contribution < 1.29 is 14.3 Å². The molecule has 0 aliphatic carbocycles. The second-order valence-electron chi connectivity index (χ2n) is 10.2. The Morgan fingerprint density at radius 2 is 1.70 bits per heavy atom. The average Bonchev–Trinajstić information content (AvgIpc) is 3.14. The van der Waals surface area contributed by atoms with Crippen molar-refractivity contribution in [1.82, 2.24) is 14.4 Å². The van der Waals surface area contributed by atoms with E-state index >= 15 is 0 Å². The first-order valence-electron chi connectivity index (χ1n) is 11.8. The van der Waals surface area contributed by atoms with E-state index in [-0.39, 0.29) is 29.7 Å². The van der Waals surface area contributed by atoms with E-state index in [0.29, 0.717) is 32.7 Å². The van der Waals surface area contributed by atoms with E-state index in [9.17, 15) is 9.59 Å². The fourth-order valence-corrected chi connectivity index (χ4v) is 4.19. The van der Waals surface area contributed by atoms with Gasteiger partial charge in [0.25, 0.3) is 0 Å². The van der Waals surface area contributed by atoms with Gasteiger partial charge in [-0.05, 0) is 35.4 Å². The first-order chi connectivity index (χ1) is 15.6. The summed E-state index contributed by atoms with van der Waals surface area (Å²) in [6.07, 6.45) is 3.37. The Balaban J connectivity index is 2.14. The number of methoxy groups -OCH3 is 1. The number of aryl methyl sites for hydroxylation is 1. The number of carbonyl (C=O) groups is 2. The molecular formula is C27H41N3O3. The number of ether oxygens (including phenoxy) is 1. The Morgan fingerprint density at radius 1 is 1.00 bits per heavy atom. The first kappa shape index (κ1) is 26.7. The standard InChI is InChI=1S/C27H41N3O3/c1-22(18-27(2,3)4)17-25(31)29(15-16-33-6)21-26(32)30(19-23-11-8-7-9-12-23)20-24-13-10-14-28(24)5/h7-14,22H,15-21H2,1-6H3. The van der Waals surface area contributed by atoms with Gasteiger partial charge in [-0.25, -0.2) is 0 Å². The maximum Gasteiger partial charge on any atom is 0.242 e. The van der Waals surface area contributed by atoms with Gasteiger partial charge in [0, 0.05) is 45.6 Å². The van der Waals surface area contributed by atoms with Gasteiger partial charge in [0.2, 0.25) is 11.8 Å². The number of carbonyl (C=O) groups excluding carboxylic acids is 2. The minimum atomic E-state index is -0.0621. The van der Waals surface area contributed by atoms with Gasteiger partial charge in [0.1, 0.15) is 0 Å². The zero-order valence-corrected chi connectivity index (χ0v) is 21.2. The molecule has 0 N–H and O–H groups in total. The van der Waals surface area contributed by atoms with Crippen molar-refractivity contribution in [2.24, 2.45) is 18.4 Å². The summed E-state index contributed by atoms with van der Waals surface area (Å²) in [5, 5.41) is 0. The molecule has 1 unspecified atom stereocenters. The van der Waals surface area contributed by atoms with E-state index in [1.807, 2.05) is 65.2 Å². The molecule has 2 amide bonds. The minimum absolute atomic E-state index is 0.00989. The summed E-state index contributed by atoms with van der Waals surface area (Å²) in [6.45, 7) is 10.5. The SMILES string of the molecule is COCCN(CC(=O)N(Cc1ccccc1)Cc1cccn1C)C(=O)CC(C)CC(C)(C)C. The normalized spacial score (nSPS) is 12.4. The lowest BCUT2D eigenvalue weighted by Gasteiger charge is -2.29. The molecule has 1 aromatic heterocycles. The summed E-state index contributed by atoms with van der Waals surface area (Å²) < 4.78 is 7.25. The van der Waals surface area contributed by atoms with Crippen LogP contribution >= 0.6 is 0 Å². The number of hydrogen-bond donors (Lipinski definition) is 0. The van der Waals surface area contributed by atoms with Crippen molar-refractivity contribution in [3.05, 3.63) is 59.9 Å². The molecule has 2 rings (SSSR count). The van der Waals surface area contributed by atoms with E-state index in [0.717, 1.165) is 17.7 Å². The van der Waals surface area contributed by atoms with Crippen LogP contribution in [0.3, 0.4) is 0 Å². The van der Waals surface area contributed by atoms with Crippen LogP contribution in [0.2, 0.25) is 0 Å². The van der Waals surface area contributed by atoms with Crippen molar-refractivity contribution in [2.75, 3.05) is 26.8 Å². The molecule has 182 valence electrons. The largest absolute Gasteiger partial charge is 0.383 e. The Hall–Kier alpha value is -2.60. The van der Waals surface area contributed by atoms with E-state index in [1.165, 1.54) is 0 Å². The lowest BCUT2D eigenvalue weighted by molar-refractivity contribution is -0.142. The lowest BCUT2D eigenvalue weighted by Crippen LogP contribution is -2.44. The summed E-state index contributed by atoms with van der Waals surface area (Å²) in [5.41, 5.74) is 2.27. The highest BCUT2D eigenvalue weighted by atomic mass is 16.5. The van der Waals surface area contributed by atoms with Gasteiger partial charge in [0.15, 0.2) is 0 Å². The molecule has 0 radical (unpaired) electrons. The Bertz CT molecular complexity index is 870. The van der Waals surface area contributed by atoms with Crippen molar-refractivity contribution in [3.8, 4) is 0 Å². The van der Waals surface area contributed by atoms with Crippen molar-refractivity contribution in [1.29, 1.82) is 0 Å². The number of rotatable bonds is 12. The summed E-state index contributed by atoms with van der Waals surface area (Å²) in [4.78, 5) is 30.1. The van der Waals surface area contributed by atoms with E-state index in [1.54, 1.807) is 12.0 Å². The number of nitrogens with zero attached hydrogens (tertiary/aromatic N) is 3. The maximum absolute atomic E-state index is 13.5. The quantitative estimate of drug-likeness (QED) is 0.474. The molecule has 6 nitrogen and oxygen atoms in total. The summed E-state index contributed by atoms with van der Waals surface area (Å²) in [7, 11) is 3.59. The number of aromatic nitrogens is 1. The van der Waals surface area contributed by atoms with Crippen LogP contribution in [0, 0.1) is 11.3 Å². The van der Waals surface area contributed by atoms with Crippen molar-refractivity contribution >= 4 is 11.8 Å². The third-order valence-corrected chi connectivity index (χ3v) is 5.70.